The Morgan fingerprint density at radius 2 is 1.79 bits per heavy atom. The van der Waals surface area contributed by atoms with E-state index in [2.05, 4.69) is 22.8 Å². The molecule has 0 aliphatic carbocycles. The number of aliphatic imine (C=N–C) groups is 1. The Labute approximate surface area is 196 Å². The van der Waals surface area contributed by atoms with Crippen LogP contribution in [0.5, 0.6) is 0 Å². The molecule has 1 unspecified atom stereocenters. The lowest BCUT2D eigenvalue weighted by molar-refractivity contribution is 0.581. The van der Waals surface area contributed by atoms with Crippen LogP contribution in [0.2, 0.25) is 5.02 Å². The van der Waals surface area contributed by atoms with Gasteiger partial charge in [0, 0.05) is 23.9 Å². The zero-order chi connectivity index (χ0) is 20.6. The minimum Gasteiger partial charge on any atom is -0.357 e. The van der Waals surface area contributed by atoms with Crippen LogP contribution in [-0.2, 0) is 16.4 Å². The van der Waals surface area contributed by atoms with E-state index in [0.717, 1.165) is 23.2 Å². The van der Waals surface area contributed by atoms with Crippen molar-refractivity contribution in [3.8, 4) is 11.1 Å². The van der Waals surface area contributed by atoms with Crippen molar-refractivity contribution >= 4 is 51.4 Å². The summed E-state index contributed by atoms with van der Waals surface area (Å²) in [7, 11) is -2.97. The molecular formula is C21H29ClIN3O2S. The maximum Gasteiger partial charge on any atom is 0.191 e. The standard InChI is InChI=1S/C21H28ClN3O2S.HI/c1-4-23-21(25-16(2)13-14-28(3,26)27)24-15-18-7-5-6-8-20(18)17-9-11-19(22)12-10-17;/h5-12,16H,4,13-15H2,1-3H3,(H2,23,24,25);1H. The van der Waals surface area contributed by atoms with Crippen LogP contribution in [0.4, 0.5) is 0 Å². The molecule has 0 heterocycles. The molecule has 2 aromatic rings. The van der Waals surface area contributed by atoms with E-state index in [1.165, 1.54) is 6.26 Å². The Balaban J connectivity index is 0.00000420. The lowest BCUT2D eigenvalue weighted by atomic mass is 10.00. The summed E-state index contributed by atoms with van der Waals surface area (Å²) in [6.07, 6.45) is 1.79. The summed E-state index contributed by atoms with van der Waals surface area (Å²) in [4.78, 5) is 4.69. The molecule has 0 saturated carbocycles. The van der Waals surface area contributed by atoms with Gasteiger partial charge in [-0.2, -0.15) is 0 Å². The maximum atomic E-state index is 11.4. The highest BCUT2D eigenvalue weighted by Crippen LogP contribution is 2.25. The Morgan fingerprint density at radius 3 is 2.41 bits per heavy atom. The van der Waals surface area contributed by atoms with E-state index in [0.29, 0.717) is 23.9 Å². The van der Waals surface area contributed by atoms with Crippen molar-refractivity contribution < 1.29 is 8.42 Å². The van der Waals surface area contributed by atoms with Gasteiger partial charge >= 0.3 is 0 Å². The number of nitrogens with zero attached hydrogens (tertiary/aromatic N) is 1. The first-order chi connectivity index (χ1) is 13.3. The van der Waals surface area contributed by atoms with Crippen LogP contribution in [0.25, 0.3) is 11.1 Å². The second kappa shape index (κ2) is 12.4. The third-order valence-electron chi connectivity index (χ3n) is 4.23. The van der Waals surface area contributed by atoms with Crippen LogP contribution in [0.3, 0.4) is 0 Å². The summed E-state index contributed by atoms with van der Waals surface area (Å²) in [6, 6.07) is 15.9. The predicted octanol–water partition coefficient (Wildman–Crippen LogP) is 4.50. The Hall–Kier alpha value is -1.32. The molecule has 0 saturated heterocycles. The van der Waals surface area contributed by atoms with Gasteiger partial charge in [-0.1, -0.05) is 48.0 Å². The minimum atomic E-state index is -2.97. The van der Waals surface area contributed by atoms with Crippen LogP contribution in [-0.4, -0.2) is 39.0 Å². The minimum absolute atomic E-state index is 0. The van der Waals surface area contributed by atoms with Gasteiger partial charge in [-0.15, -0.1) is 24.0 Å². The summed E-state index contributed by atoms with van der Waals surface area (Å²) in [5.41, 5.74) is 3.31. The second-order valence-corrected chi connectivity index (χ2v) is 9.52. The SMILES string of the molecule is CCNC(=NCc1ccccc1-c1ccc(Cl)cc1)NC(C)CCS(C)(=O)=O.I. The molecule has 29 heavy (non-hydrogen) atoms. The molecule has 2 rings (SSSR count). The highest BCUT2D eigenvalue weighted by Gasteiger charge is 2.10. The highest BCUT2D eigenvalue weighted by molar-refractivity contribution is 14.0. The zero-order valence-electron chi connectivity index (χ0n) is 17.0. The summed E-state index contributed by atoms with van der Waals surface area (Å²) >= 11 is 6.00. The molecule has 1 atom stereocenters. The zero-order valence-corrected chi connectivity index (χ0v) is 20.9. The number of hydrogen-bond acceptors (Lipinski definition) is 3. The third-order valence-corrected chi connectivity index (χ3v) is 5.46. The smallest absolute Gasteiger partial charge is 0.191 e. The average molecular weight is 550 g/mol. The molecule has 0 radical (unpaired) electrons. The summed E-state index contributed by atoms with van der Waals surface area (Å²) < 4.78 is 22.7. The predicted molar refractivity (Wildman–Crippen MR) is 134 cm³/mol. The van der Waals surface area contributed by atoms with Crippen molar-refractivity contribution in [3.05, 3.63) is 59.1 Å². The van der Waals surface area contributed by atoms with Crippen LogP contribution < -0.4 is 10.6 Å². The van der Waals surface area contributed by atoms with Gasteiger partial charge in [0.2, 0.25) is 0 Å². The maximum absolute atomic E-state index is 11.4. The lowest BCUT2D eigenvalue weighted by Crippen LogP contribution is -2.42. The largest absolute Gasteiger partial charge is 0.357 e. The van der Waals surface area contributed by atoms with Crippen molar-refractivity contribution in [2.45, 2.75) is 32.9 Å². The summed E-state index contributed by atoms with van der Waals surface area (Å²) in [6.45, 7) is 5.19. The molecule has 0 spiro atoms. The average Bonchev–Trinajstić information content (AvgIpc) is 2.65. The van der Waals surface area contributed by atoms with E-state index in [1.54, 1.807) is 0 Å². The number of rotatable bonds is 8. The van der Waals surface area contributed by atoms with E-state index in [-0.39, 0.29) is 35.8 Å². The van der Waals surface area contributed by atoms with Crippen molar-refractivity contribution in [1.29, 1.82) is 0 Å². The number of benzene rings is 2. The van der Waals surface area contributed by atoms with E-state index in [9.17, 15) is 8.42 Å². The number of hydrogen-bond donors (Lipinski definition) is 2. The second-order valence-electron chi connectivity index (χ2n) is 6.82. The Bertz CT molecular complexity index is 902. The Morgan fingerprint density at radius 1 is 1.14 bits per heavy atom. The molecule has 0 fully saturated rings. The normalized spacial score (nSPS) is 12.8. The van der Waals surface area contributed by atoms with Gasteiger partial charge in [-0.3, -0.25) is 0 Å². The molecular weight excluding hydrogens is 521 g/mol. The third kappa shape index (κ3) is 9.35. The van der Waals surface area contributed by atoms with E-state index in [1.807, 2.05) is 50.2 Å². The number of guanidine groups is 1. The van der Waals surface area contributed by atoms with Crippen molar-refractivity contribution in [2.24, 2.45) is 4.99 Å². The van der Waals surface area contributed by atoms with Gasteiger partial charge in [-0.05, 0) is 49.1 Å². The van der Waals surface area contributed by atoms with Gasteiger partial charge in [0.15, 0.2) is 5.96 Å². The number of sulfone groups is 1. The van der Waals surface area contributed by atoms with Crippen molar-refractivity contribution in [3.63, 3.8) is 0 Å². The first-order valence-corrected chi connectivity index (χ1v) is 11.8. The molecule has 160 valence electrons. The van der Waals surface area contributed by atoms with E-state index >= 15 is 0 Å². The van der Waals surface area contributed by atoms with Gasteiger partial charge in [0.05, 0.1) is 12.3 Å². The first-order valence-electron chi connectivity index (χ1n) is 9.35. The summed E-state index contributed by atoms with van der Waals surface area (Å²) in [5, 5.41) is 7.21. The van der Waals surface area contributed by atoms with Gasteiger partial charge in [0.25, 0.3) is 0 Å². The van der Waals surface area contributed by atoms with E-state index < -0.39 is 9.84 Å². The van der Waals surface area contributed by atoms with Crippen LogP contribution in [0, 0.1) is 0 Å². The fourth-order valence-electron chi connectivity index (χ4n) is 2.75. The van der Waals surface area contributed by atoms with Crippen molar-refractivity contribution in [1.82, 2.24) is 10.6 Å². The van der Waals surface area contributed by atoms with Gasteiger partial charge in [-0.25, -0.2) is 13.4 Å². The van der Waals surface area contributed by atoms with Crippen molar-refractivity contribution in [2.75, 3.05) is 18.6 Å². The Kier molecular flexibility index (Phi) is 11.0. The molecule has 2 N–H and O–H groups in total. The monoisotopic (exact) mass is 549 g/mol. The molecule has 0 amide bonds. The fraction of sp³-hybridized carbons (Fsp3) is 0.381. The topological polar surface area (TPSA) is 70.6 Å². The van der Waals surface area contributed by atoms with Gasteiger partial charge in [0.1, 0.15) is 9.84 Å². The lowest BCUT2D eigenvalue weighted by Gasteiger charge is -2.18. The molecule has 8 heteroatoms. The van der Waals surface area contributed by atoms with Gasteiger partial charge < -0.3 is 10.6 Å². The first kappa shape index (κ1) is 25.7. The van der Waals surface area contributed by atoms with Crippen LogP contribution in [0.1, 0.15) is 25.8 Å². The number of nitrogens with one attached hydrogen (secondary N) is 2. The molecule has 0 bridgehead atoms. The highest BCUT2D eigenvalue weighted by atomic mass is 127. The summed E-state index contributed by atoms with van der Waals surface area (Å²) in [5.74, 6) is 0.828. The molecule has 0 aliphatic rings. The van der Waals surface area contributed by atoms with Crippen LogP contribution in [0.15, 0.2) is 53.5 Å². The molecule has 0 aliphatic heterocycles. The van der Waals surface area contributed by atoms with Crippen LogP contribution >= 0.6 is 35.6 Å². The molecule has 0 aromatic heterocycles. The molecule has 5 nitrogen and oxygen atoms in total. The fourth-order valence-corrected chi connectivity index (χ4v) is 3.66. The van der Waals surface area contributed by atoms with E-state index in [4.69, 9.17) is 16.6 Å². The molecule has 2 aromatic carbocycles. The quantitative estimate of drug-likeness (QED) is 0.289. The number of halogens is 2.